The predicted octanol–water partition coefficient (Wildman–Crippen LogP) is 1.27. The monoisotopic (exact) mass is 273 g/mol. The summed E-state index contributed by atoms with van der Waals surface area (Å²) in [4.78, 5) is 28.0. The molecule has 0 aromatic carbocycles. The van der Waals surface area contributed by atoms with E-state index >= 15 is 0 Å². The van der Waals surface area contributed by atoms with Gasteiger partial charge in [-0.25, -0.2) is 4.98 Å². The molecule has 0 aliphatic heterocycles. The normalized spacial score (nSPS) is 11.0. The molecule has 0 bridgehead atoms. The van der Waals surface area contributed by atoms with Crippen molar-refractivity contribution in [3.05, 3.63) is 67.3 Å². The van der Waals surface area contributed by atoms with Crippen molar-refractivity contribution in [3.8, 4) is 0 Å². The van der Waals surface area contributed by atoms with E-state index in [1.54, 1.807) is 28.3 Å². The Hall–Kier alpha value is -2.21. The Labute approximate surface area is 112 Å². The van der Waals surface area contributed by atoms with Crippen LogP contribution in [0.4, 0.5) is 0 Å². The third kappa shape index (κ3) is 2.10. The zero-order valence-corrected chi connectivity index (χ0v) is 11.1. The van der Waals surface area contributed by atoms with Crippen LogP contribution in [0, 0.1) is 6.92 Å². The van der Waals surface area contributed by atoms with Gasteiger partial charge in [-0.1, -0.05) is 17.4 Å². The minimum atomic E-state index is -0.137. The fraction of sp³-hybridized carbons (Fsp3) is 0.154. The van der Waals surface area contributed by atoms with Crippen molar-refractivity contribution in [2.24, 2.45) is 0 Å². The molecule has 0 aliphatic rings. The van der Waals surface area contributed by atoms with E-state index in [9.17, 15) is 9.59 Å². The zero-order chi connectivity index (χ0) is 13.4. The van der Waals surface area contributed by atoms with Gasteiger partial charge in [0.1, 0.15) is 5.65 Å². The van der Waals surface area contributed by atoms with Gasteiger partial charge >= 0.3 is 4.87 Å². The highest BCUT2D eigenvalue weighted by atomic mass is 32.1. The quantitative estimate of drug-likeness (QED) is 0.706. The second-order valence-corrected chi connectivity index (χ2v) is 5.06. The molecule has 3 aromatic rings. The van der Waals surface area contributed by atoms with Crippen LogP contribution < -0.4 is 10.4 Å². The molecular weight excluding hydrogens is 262 g/mol. The molecule has 5 nitrogen and oxygen atoms in total. The average molecular weight is 273 g/mol. The number of pyridine rings is 1. The van der Waals surface area contributed by atoms with Crippen LogP contribution in [0.25, 0.3) is 5.65 Å². The summed E-state index contributed by atoms with van der Waals surface area (Å²) in [5.74, 6) is 0. The molecule has 0 aliphatic carbocycles. The van der Waals surface area contributed by atoms with Gasteiger partial charge in [0.05, 0.1) is 12.2 Å². The minimum Gasteiger partial charge on any atom is -0.297 e. The van der Waals surface area contributed by atoms with E-state index in [1.165, 1.54) is 10.5 Å². The molecule has 3 aromatic heterocycles. The number of nitrogens with zero attached hydrogens (tertiary/aromatic N) is 3. The van der Waals surface area contributed by atoms with E-state index in [0.717, 1.165) is 17.0 Å². The Bertz CT molecular complexity index is 860. The predicted molar refractivity (Wildman–Crippen MR) is 73.9 cm³/mol. The Morgan fingerprint density at radius 3 is 2.89 bits per heavy atom. The van der Waals surface area contributed by atoms with Crippen molar-refractivity contribution < 1.29 is 0 Å². The number of hydrogen-bond acceptors (Lipinski definition) is 4. The molecule has 0 atom stereocenters. The summed E-state index contributed by atoms with van der Waals surface area (Å²) in [7, 11) is 0. The Morgan fingerprint density at radius 2 is 2.16 bits per heavy atom. The van der Waals surface area contributed by atoms with Gasteiger partial charge in [0.25, 0.3) is 5.56 Å². The third-order valence-electron chi connectivity index (χ3n) is 2.92. The molecule has 19 heavy (non-hydrogen) atoms. The van der Waals surface area contributed by atoms with Crippen LogP contribution in [0.2, 0.25) is 0 Å². The first kappa shape index (κ1) is 11.9. The van der Waals surface area contributed by atoms with Crippen molar-refractivity contribution in [1.29, 1.82) is 0 Å². The number of rotatable bonds is 2. The summed E-state index contributed by atoms with van der Waals surface area (Å²) in [6.07, 6.45) is 1.68. The van der Waals surface area contributed by atoms with Gasteiger partial charge in [0.15, 0.2) is 0 Å². The maximum atomic E-state index is 11.9. The van der Waals surface area contributed by atoms with Crippen LogP contribution >= 0.6 is 11.3 Å². The van der Waals surface area contributed by atoms with Crippen molar-refractivity contribution in [1.82, 2.24) is 14.0 Å². The highest BCUT2D eigenvalue weighted by Gasteiger charge is 2.06. The lowest BCUT2D eigenvalue weighted by molar-refractivity contribution is 0.732. The Kier molecular flexibility index (Phi) is 2.79. The fourth-order valence-electron chi connectivity index (χ4n) is 1.94. The first-order valence-corrected chi connectivity index (χ1v) is 6.65. The van der Waals surface area contributed by atoms with Crippen LogP contribution in [0.15, 0.2) is 45.4 Å². The molecular formula is C13H11N3O2S. The minimum absolute atomic E-state index is 0.0347. The summed E-state index contributed by atoms with van der Waals surface area (Å²) < 4.78 is 3.10. The van der Waals surface area contributed by atoms with Gasteiger partial charge in [-0.15, -0.1) is 0 Å². The molecule has 0 spiro atoms. The molecule has 0 radical (unpaired) electrons. The van der Waals surface area contributed by atoms with E-state index in [1.807, 2.05) is 13.0 Å². The molecule has 0 fully saturated rings. The lowest BCUT2D eigenvalue weighted by Crippen LogP contribution is -2.20. The highest BCUT2D eigenvalue weighted by Crippen LogP contribution is 2.04. The molecule has 0 unspecified atom stereocenters. The van der Waals surface area contributed by atoms with Gasteiger partial charge in [0.2, 0.25) is 0 Å². The summed E-state index contributed by atoms with van der Waals surface area (Å²) in [6.45, 7) is 2.20. The summed E-state index contributed by atoms with van der Waals surface area (Å²) in [5, 5.41) is 1.80. The van der Waals surface area contributed by atoms with E-state index in [4.69, 9.17) is 0 Å². The maximum Gasteiger partial charge on any atom is 0.307 e. The summed E-state index contributed by atoms with van der Waals surface area (Å²) >= 11 is 1.15. The molecule has 0 saturated heterocycles. The fourth-order valence-corrected chi connectivity index (χ4v) is 2.68. The van der Waals surface area contributed by atoms with Crippen molar-refractivity contribution >= 4 is 17.0 Å². The number of aromatic nitrogens is 3. The molecule has 0 amide bonds. The SMILES string of the molecule is Cc1csc(=O)n1Cc1cc(=O)n2ccccc2n1. The first-order valence-electron chi connectivity index (χ1n) is 5.77. The Balaban J connectivity index is 2.12. The standard InChI is InChI=1S/C13H11N3O2S/c1-9-8-19-13(18)16(9)7-10-6-12(17)15-5-3-2-4-11(15)14-10/h2-6,8H,7H2,1H3. The van der Waals surface area contributed by atoms with Crippen molar-refractivity contribution in [2.75, 3.05) is 0 Å². The number of thiazole rings is 1. The molecule has 0 saturated carbocycles. The largest absolute Gasteiger partial charge is 0.307 e. The van der Waals surface area contributed by atoms with Crippen LogP contribution in [-0.2, 0) is 6.54 Å². The van der Waals surface area contributed by atoms with Crippen LogP contribution in [-0.4, -0.2) is 14.0 Å². The first-order chi connectivity index (χ1) is 9.15. The van der Waals surface area contributed by atoms with Crippen molar-refractivity contribution in [3.63, 3.8) is 0 Å². The van der Waals surface area contributed by atoms with Gasteiger partial charge in [-0.05, 0) is 19.1 Å². The number of fused-ring (bicyclic) bond motifs is 1. The number of hydrogen-bond donors (Lipinski definition) is 0. The van der Waals surface area contributed by atoms with Gasteiger partial charge in [-0.3, -0.25) is 18.6 Å². The molecule has 0 N–H and O–H groups in total. The zero-order valence-electron chi connectivity index (χ0n) is 10.2. The van der Waals surface area contributed by atoms with Gasteiger partial charge in [0, 0.05) is 23.3 Å². The van der Waals surface area contributed by atoms with E-state index in [2.05, 4.69) is 4.98 Å². The van der Waals surface area contributed by atoms with E-state index in [-0.39, 0.29) is 10.4 Å². The van der Waals surface area contributed by atoms with E-state index in [0.29, 0.717) is 17.9 Å². The highest BCUT2D eigenvalue weighted by molar-refractivity contribution is 7.07. The number of aryl methyl sites for hydroxylation is 1. The second kappa shape index (κ2) is 4.47. The molecule has 96 valence electrons. The lowest BCUT2D eigenvalue weighted by Gasteiger charge is -2.05. The van der Waals surface area contributed by atoms with Crippen LogP contribution in [0.3, 0.4) is 0 Å². The summed E-state index contributed by atoms with van der Waals surface area (Å²) in [5.41, 5.74) is 1.93. The maximum absolute atomic E-state index is 11.9. The second-order valence-electron chi connectivity index (χ2n) is 4.24. The van der Waals surface area contributed by atoms with E-state index < -0.39 is 0 Å². The van der Waals surface area contributed by atoms with Gasteiger partial charge < -0.3 is 0 Å². The van der Waals surface area contributed by atoms with Crippen LogP contribution in [0.5, 0.6) is 0 Å². The summed E-state index contributed by atoms with van der Waals surface area (Å²) in [6, 6.07) is 6.85. The molecule has 3 rings (SSSR count). The van der Waals surface area contributed by atoms with Crippen molar-refractivity contribution in [2.45, 2.75) is 13.5 Å². The molecule has 6 heteroatoms. The third-order valence-corrected chi connectivity index (χ3v) is 3.80. The lowest BCUT2D eigenvalue weighted by atomic mass is 10.3. The van der Waals surface area contributed by atoms with Crippen LogP contribution in [0.1, 0.15) is 11.4 Å². The smallest absolute Gasteiger partial charge is 0.297 e. The topological polar surface area (TPSA) is 56.4 Å². The Morgan fingerprint density at radius 1 is 1.32 bits per heavy atom. The average Bonchev–Trinajstić information content (AvgIpc) is 2.71. The van der Waals surface area contributed by atoms with Gasteiger partial charge in [-0.2, -0.15) is 0 Å². The molecule has 3 heterocycles.